The van der Waals surface area contributed by atoms with E-state index in [-0.39, 0.29) is 11.8 Å². The number of nitro benzene ring substituents is 1. The number of ether oxygens (including phenoxy) is 1. The number of rotatable bonds is 9. The van der Waals surface area contributed by atoms with Crippen molar-refractivity contribution in [3.05, 3.63) is 80.8 Å². The molecule has 2 aromatic carbocycles. The van der Waals surface area contributed by atoms with E-state index in [1.165, 1.54) is 12.1 Å². The van der Waals surface area contributed by atoms with E-state index in [9.17, 15) is 19.7 Å². The van der Waals surface area contributed by atoms with E-state index < -0.39 is 16.9 Å². The average molecular weight is 481 g/mol. The number of hydrogen-bond donors (Lipinski definition) is 3. The van der Waals surface area contributed by atoms with Crippen LogP contribution in [0.3, 0.4) is 0 Å². The highest BCUT2D eigenvalue weighted by molar-refractivity contribution is 9.10. The molecule has 0 heterocycles. The third kappa shape index (κ3) is 9.30. The molecule has 30 heavy (non-hydrogen) atoms. The molecule has 2 aromatic rings. The molecule has 0 aliphatic heterocycles. The van der Waals surface area contributed by atoms with Gasteiger partial charge in [-0.15, -0.1) is 0 Å². The smallest absolute Gasteiger partial charge is 0.328 e. The summed E-state index contributed by atoms with van der Waals surface area (Å²) in [5.41, 5.74) is 1.05. The van der Waals surface area contributed by atoms with Crippen molar-refractivity contribution in [2.45, 2.75) is 12.5 Å². The van der Waals surface area contributed by atoms with E-state index in [2.05, 4.69) is 21.2 Å². The fourth-order valence-corrected chi connectivity index (χ4v) is 2.57. The highest BCUT2D eigenvalue weighted by atomic mass is 79.9. The molecular weight excluding hydrogens is 460 g/mol. The van der Waals surface area contributed by atoms with Gasteiger partial charge in [-0.05, 0) is 41.2 Å². The summed E-state index contributed by atoms with van der Waals surface area (Å²) >= 11 is 3.39. The van der Waals surface area contributed by atoms with Gasteiger partial charge in [0.1, 0.15) is 11.9 Å². The largest absolute Gasteiger partial charge is 0.484 e. The number of benzene rings is 2. The summed E-state index contributed by atoms with van der Waals surface area (Å²) < 4.78 is 6.73. The minimum atomic E-state index is -1.26. The Morgan fingerprint density at radius 2 is 1.77 bits per heavy atom. The molecule has 0 fully saturated rings. The van der Waals surface area contributed by atoms with Crippen LogP contribution in [0.4, 0.5) is 5.69 Å². The van der Waals surface area contributed by atoms with Crippen molar-refractivity contribution in [1.82, 2.24) is 5.32 Å². The van der Waals surface area contributed by atoms with E-state index in [1.807, 2.05) is 37.4 Å². The summed E-state index contributed by atoms with van der Waals surface area (Å²) in [6.45, 7) is 0.784. The molecule has 9 nitrogen and oxygen atoms in total. The molecule has 0 bridgehead atoms. The van der Waals surface area contributed by atoms with Crippen LogP contribution in [0.2, 0.25) is 0 Å². The van der Waals surface area contributed by atoms with Gasteiger partial charge in [-0.25, -0.2) is 9.59 Å². The summed E-state index contributed by atoms with van der Waals surface area (Å²) in [5, 5.41) is 29.6. The number of nitro groups is 1. The lowest BCUT2D eigenvalue weighted by molar-refractivity contribution is -0.385. The van der Waals surface area contributed by atoms with Crippen LogP contribution in [0.5, 0.6) is 5.75 Å². The Morgan fingerprint density at radius 3 is 2.27 bits per heavy atom. The number of nitrogens with zero attached hydrogens (tertiary/aromatic N) is 1. The number of carbonyl (C=O) groups is 2. The van der Waals surface area contributed by atoms with Gasteiger partial charge in [-0.2, -0.15) is 0 Å². The second-order valence-electron chi connectivity index (χ2n) is 5.79. The first-order chi connectivity index (χ1) is 14.2. The molecule has 10 heteroatoms. The van der Waals surface area contributed by atoms with E-state index >= 15 is 0 Å². The molecule has 0 radical (unpaired) electrons. The Bertz CT molecular complexity index is 872. The number of hydrogen-bond acceptors (Lipinski definition) is 6. The number of non-ortho nitro benzene ring substituents is 1. The normalized spacial score (nSPS) is 11.3. The highest BCUT2D eigenvalue weighted by Gasteiger charge is 2.17. The molecule has 0 aliphatic carbocycles. The fraction of sp³-hybridized carbons (Fsp3) is 0.200. The van der Waals surface area contributed by atoms with Crippen LogP contribution in [0.15, 0.2) is 65.2 Å². The zero-order chi connectivity index (χ0) is 22.5. The molecule has 0 aromatic heterocycles. The lowest BCUT2D eigenvalue weighted by atomic mass is 10.1. The minimum absolute atomic E-state index is 0.0126. The van der Waals surface area contributed by atoms with Crippen molar-refractivity contribution in [3.8, 4) is 5.75 Å². The molecule has 0 aliphatic rings. The summed E-state index contributed by atoms with van der Waals surface area (Å²) in [7, 11) is 1.88. The van der Waals surface area contributed by atoms with Crippen LogP contribution in [0.1, 0.15) is 18.1 Å². The van der Waals surface area contributed by atoms with Crippen molar-refractivity contribution < 1.29 is 29.5 Å². The lowest BCUT2D eigenvalue weighted by Gasteiger charge is -2.20. The van der Waals surface area contributed by atoms with Gasteiger partial charge in [-0.1, -0.05) is 30.3 Å². The Hall–Kier alpha value is -3.24. The number of carboxylic acid groups (broad SMARTS) is 2. The van der Waals surface area contributed by atoms with Gasteiger partial charge in [0, 0.05) is 24.6 Å². The van der Waals surface area contributed by atoms with Gasteiger partial charge in [0.15, 0.2) is 0 Å². The third-order valence-electron chi connectivity index (χ3n) is 3.59. The number of nitrogens with one attached hydrogen (secondary N) is 1. The highest BCUT2D eigenvalue weighted by Crippen LogP contribution is 2.33. The maximum Gasteiger partial charge on any atom is 0.328 e. The fourth-order valence-electron chi connectivity index (χ4n) is 2.23. The molecule has 2 rings (SSSR count). The maximum absolute atomic E-state index is 10.9. The Morgan fingerprint density at radius 1 is 1.17 bits per heavy atom. The van der Waals surface area contributed by atoms with Crippen molar-refractivity contribution in [3.63, 3.8) is 0 Å². The van der Waals surface area contributed by atoms with Crippen LogP contribution in [-0.4, -0.2) is 40.7 Å². The van der Waals surface area contributed by atoms with E-state index in [1.54, 1.807) is 6.07 Å². The molecular formula is C20H21BrN2O7. The van der Waals surface area contributed by atoms with E-state index in [0.717, 1.165) is 18.5 Å². The summed E-state index contributed by atoms with van der Waals surface area (Å²) in [6.07, 6.45) is 1.70. The Labute approximate surface area is 181 Å². The predicted molar refractivity (Wildman–Crippen MR) is 114 cm³/mol. The predicted octanol–water partition coefficient (Wildman–Crippen LogP) is 3.80. The number of halogens is 1. The summed E-state index contributed by atoms with van der Waals surface area (Å²) in [5.74, 6) is -2.04. The monoisotopic (exact) mass is 480 g/mol. The molecule has 0 unspecified atom stereocenters. The third-order valence-corrected chi connectivity index (χ3v) is 4.25. The van der Waals surface area contributed by atoms with Gasteiger partial charge in [0.25, 0.3) is 5.69 Å². The van der Waals surface area contributed by atoms with Crippen LogP contribution < -0.4 is 10.1 Å². The second-order valence-corrected chi connectivity index (χ2v) is 6.65. The van der Waals surface area contributed by atoms with Crippen molar-refractivity contribution >= 4 is 33.6 Å². The van der Waals surface area contributed by atoms with Gasteiger partial charge in [0.2, 0.25) is 0 Å². The minimum Gasteiger partial charge on any atom is -0.484 e. The molecule has 0 spiro atoms. The first-order valence-electron chi connectivity index (χ1n) is 8.68. The lowest BCUT2D eigenvalue weighted by Crippen LogP contribution is -2.16. The first kappa shape index (κ1) is 24.8. The molecule has 1 atom stereocenters. The molecule has 0 saturated heterocycles. The summed E-state index contributed by atoms with van der Waals surface area (Å²) in [4.78, 5) is 29.6. The van der Waals surface area contributed by atoms with Crippen molar-refractivity contribution in [1.29, 1.82) is 0 Å². The van der Waals surface area contributed by atoms with Gasteiger partial charge >= 0.3 is 11.9 Å². The Kier molecular flexibility index (Phi) is 10.8. The van der Waals surface area contributed by atoms with Gasteiger partial charge in [0.05, 0.1) is 15.5 Å². The quantitative estimate of drug-likeness (QED) is 0.279. The van der Waals surface area contributed by atoms with Gasteiger partial charge in [-0.3, -0.25) is 10.1 Å². The Balaban J connectivity index is 0.000000479. The maximum atomic E-state index is 10.9. The molecule has 3 N–H and O–H groups in total. The summed E-state index contributed by atoms with van der Waals surface area (Å²) in [6, 6.07) is 14.4. The molecule has 160 valence electrons. The topological polar surface area (TPSA) is 139 Å². The van der Waals surface area contributed by atoms with Crippen LogP contribution >= 0.6 is 15.9 Å². The average Bonchev–Trinajstić information content (AvgIpc) is 2.71. The zero-order valence-corrected chi connectivity index (χ0v) is 17.6. The molecule has 0 saturated carbocycles. The number of carboxylic acids is 2. The van der Waals surface area contributed by atoms with E-state index in [0.29, 0.717) is 22.4 Å². The SMILES string of the molecule is CNCC[C@@H](Oc1cc([N+](=O)[O-])ccc1Br)c1ccccc1.O=C(O)/C=C/C(=O)O. The van der Waals surface area contributed by atoms with Crippen molar-refractivity contribution in [2.75, 3.05) is 13.6 Å². The zero-order valence-electron chi connectivity index (χ0n) is 16.0. The van der Waals surface area contributed by atoms with Crippen molar-refractivity contribution in [2.24, 2.45) is 0 Å². The standard InChI is InChI=1S/C16H17BrN2O3.C4H4O4/c1-18-10-9-15(12-5-3-2-4-6-12)22-16-11-13(19(20)21)7-8-14(16)17;5-3(6)1-2-4(7)8/h2-8,11,15,18H,9-10H2,1H3;1-2H,(H,5,6)(H,7,8)/b;2-1+/t15-;/m1./s1. The van der Waals surface area contributed by atoms with E-state index in [4.69, 9.17) is 14.9 Å². The van der Waals surface area contributed by atoms with Crippen LogP contribution in [0.25, 0.3) is 0 Å². The van der Waals surface area contributed by atoms with Crippen LogP contribution in [0, 0.1) is 10.1 Å². The second kappa shape index (κ2) is 13.1. The van der Waals surface area contributed by atoms with Crippen LogP contribution in [-0.2, 0) is 9.59 Å². The van der Waals surface area contributed by atoms with Gasteiger partial charge < -0.3 is 20.3 Å². The first-order valence-corrected chi connectivity index (χ1v) is 9.48. The molecule has 0 amide bonds. The number of aliphatic carboxylic acids is 2.